The van der Waals surface area contributed by atoms with Crippen LogP contribution < -0.4 is 10.4 Å². The molecule has 0 bridgehead atoms. The van der Waals surface area contributed by atoms with Crippen LogP contribution in [0.3, 0.4) is 0 Å². The molecule has 4 rings (SSSR count). The van der Waals surface area contributed by atoms with Gasteiger partial charge in [-0.3, -0.25) is 0 Å². The fourth-order valence-electron chi connectivity index (χ4n) is 4.97. The molecule has 1 aliphatic heterocycles. The van der Waals surface area contributed by atoms with Gasteiger partial charge in [-0.15, -0.1) is 0 Å². The Labute approximate surface area is 209 Å². The van der Waals surface area contributed by atoms with Gasteiger partial charge in [0.15, 0.2) is 6.29 Å². The molecule has 1 saturated heterocycles. The van der Waals surface area contributed by atoms with Gasteiger partial charge < -0.3 is 24.1 Å². The molecule has 0 aliphatic carbocycles. The van der Waals surface area contributed by atoms with Gasteiger partial charge >= 0.3 is 0 Å². The van der Waals surface area contributed by atoms with Crippen molar-refractivity contribution in [2.24, 2.45) is 0 Å². The maximum Gasteiger partial charge on any atom is 0.261 e. The number of hydrogen-bond acceptors (Lipinski definition) is 5. The van der Waals surface area contributed by atoms with Crippen LogP contribution in [0.2, 0.25) is 5.04 Å². The van der Waals surface area contributed by atoms with Crippen LogP contribution in [0.4, 0.5) is 0 Å². The highest BCUT2D eigenvalue weighted by molar-refractivity contribution is 6.99. The molecule has 0 amide bonds. The van der Waals surface area contributed by atoms with E-state index in [9.17, 15) is 10.2 Å². The third kappa shape index (κ3) is 5.75. The lowest BCUT2D eigenvalue weighted by molar-refractivity contribution is -0.248. The zero-order chi connectivity index (χ0) is 24.9. The second-order valence-electron chi connectivity index (χ2n) is 10.2. The van der Waals surface area contributed by atoms with E-state index in [1.54, 1.807) is 0 Å². The minimum Gasteiger partial charge on any atom is -0.405 e. The Balaban J connectivity index is 1.58. The predicted molar refractivity (Wildman–Crippen MR) is 140 cm³/mol. The van der Waals surface area contributed by atoms with E-state index in [0.717, 1.165) is 15.9 Å². The van der Waals surface area contributed by atoms with Gasteiger partial charge in [0, 0.05) is 6.42 Å². The van der Waals surface area contributed by atoms with E-state index < -0.39 is 32.9 Å². The Morgan fingerprint density at radius 2 is 1.34 bits per heavy atom. The molecule has 1 fully saturated rings. The Kier molecular flexibility index (Phi) is 8.22. The first-order chi connectivity index (χ1) is 16.8. The monoisotopic (exact) mass is 492 g/mol. The van der Waals surface area contributed by atoms with E-state index in [2.05, 4.69) is 45.0 Å². The van der Waals surface area contributed by atoms with E-state index >= 15 is 0 Å². The van der Waals surface area contributed by atoms with Crippen LogP contribution >= 0.6 is 0 Å². The summed E-state index contributed by atoms with van der Waals surface area (Å²) in [6, 6.07) is 30.5. The minimum absolute atomic E-state index is 0.150. The van der Waals surface area contributed by atoms with E-state index in [4.69, 9.17) is 13.9 Å². The van der Waals surface area contributed by atoms with Crippen LogP contribution in [-0.2, 0) is 20.5 Å². The summed E-state index contributed by atoms with van der Waals surface area (Å²) < 4.78 is 18.7. The number of hydrogen-bond donors (Lipinski definition) is 2. The molecule has 35 heavy (non-hydrogen) atoms. The fourth-order valence-corrected chi connectivity index (χ4v) is 9.54. The molecule has 0 unspecified atom stereocenters. The van der Waals surface area contributed by atoms with E-state index in [0.29, 0.717) is 6.61 Å². The smallest absolute Gasteiger partial charge is 0.261 e. The molecule has 6 heteroatoms. The lowest BCUT2D eigenvalue weighted by atomic mass is 10.0. The van der Waals surface area contributed by atoms with Gasteiger partial charge in [-0.1, -0.05) is 112 Å². The first-order valence-electron chi connectivity index (χ1n) is 12.2. The predicted octanol–water partition coefficient (Wildman–Crippen LogP) is 3.62. The first kappa shape index (κ1) is 25.8. The zero-order valence-electron chi connectivity index (χ0n) is 20.7. The molecule has 2 N–H and O–H groups in total. The van der Waals surface area contributed by atoms with Gasteiger partial charge in [0.25, 0.3) is 8.32 Å². The second kappa shape index (κ2) is 11.2. The summed E-state index contributed by atoms with van der Waals surface area (Å²) in [7, 11) is -2.79. The van der Waals surface area contributed by atoms with E-state index in [1.807, 2.05) is 66.7 Å². The molecule has 1 heterocycles. The lowest BCUT2D eigenvalue weighted by Crippen LogP contribution is -2.67. The molecule has 0 radical (unpaired) electrons. The highest BCUT2D eigenvalue weighted by atomic mass is 28.4. The van der Waals surface area contributed by atoms with Crippen molar-refractivity contribution >= 4 is 18.7 Å². The van der Waals surface area contributed by atoms with Gasteiger partial charge in [-0.2, -0.15) is 0 Å². The van der Waals surface area contributed by atoms with Crippen LogP contribution in [0, 0.1) is 0 Å². The Morgan fingerprint density at radius 1 is 0.829 bits per heavy atom. The van der Waals surface area contributed by atoms with Crippen LogP contribution in [0.5, 0.6) is 0 Å². The summed E-state index contributed by atoms with van der Waals surface area (Å²) in [5.41, 5.74) is 1.01. The van der Waals surface area contributed by atoms with Gasteiger partial charge in [0.2, 0.25) is 0 Å². The highest BCUT2D eigenvalue weighted by Crippen LogP contribution is 2.37. The number of aliphatic hydroxyl groups excluding tert-OH is 2. The van der Waals surface area contributed by atoms with Crippen molar-refractivity contribution in [2.45, 2.75) is 63.4 Å². The molecule has 0 aromatic heterocycles. The van der Waals surface area contributed by atoms with Gasteiger partial charge in [-0.25, -0.2) is 0 Å². The summed E-state index contributed by atoms with van der Waals surface area (Å²) in [6.45, 7) is 7.13. The van der Waals surface area contributed by atoms with Crippen LogP contribution in [0.1, 0.15) is 32.8 Å². The molecular formula is C29H36O5Si. The van der Waals surface area contributed by atoms with E-state index in [1.165, 1.54) is 0 Å². The number of benzene rings is 3. The Morgan fingerprint density at radius 3 is 1.86 bits per heavy atom. The summed E-state index contributed by atoms with van der Waals surface area (Å²) >= 11 is 0. The van der Waals surface area contributed by atoms with Crippen molar-refractivity contribution < 1.29 is 24.1 Å². The number of rotatable bonds is 8. The largest absolute Gasteiger partial charge is 0.405 e. The van der Waals surface area contributed by atoms with Crippen LogP contribution in [-0.4, -0.2) is 49.7 Å². The lowest BCUT2D eigenvalue weighted by Gasteiger charge is -2.45. The van der Waals surface area contributed by atoms with Crippen molar-refractivity contribution in [3.63, 3.8) is 0 Å². The van der Waals surface area contributed by atoms with Crippen molar-refractivity contribution in [1.82, 2.24) is 0 Å². The fraction of sp³-hybridized carbons (Fsp3) is 0.379. The number of aliphatic hydroxyl groups is 2. The zero-order valence-corrected chi connectivity index (χ0v) is 21.7. The molecule has 3 aromatic rings. The van der Waals surface area contributed by atoms with Gasteiger partial charge in [-0.05, 0) is 21.0 Å². The van der Waals surface area contributed by atoms with Crippen LogP contribution in [0.25, 0.3) is 0 Å². The third-order valence-electron chi connectivity index (χ3n) is 6.72. The Hall–Kier alpha value is -2.32. The second-order valence-corrected chi connectivity index (χ2v) is 14.5. The van der Waals surface area contributed by atoms with Crippen LogP contribution in [0.15, 0.2) is 91.0 Å². The molecule has 3 aromatic carbocycles. The first-order valence-corrected chi connectivity index (χ1v) is 14.1. The maximum absolute atomic E-state index is 11.1. The summed E-state index contributed by atoms with van der Waals surface area (Å²) in [5, 5.41) is 23.7. The molecule has 1 aliphatic rings. The minimum atomic E-state index is -2.79. The van der Waals surface area contributed by atoms with Crippen molar-refractivity contribution in [2.75, 3.05) is 6.61 Å². The van der Waals surface area contributed by atoms with Gasteiger partial charge in [0.05, 0.1) is 19.3 Å². The normalized spacial score (nSPS) is 23.2. The molecule has 186 valence electrons. The summed E-state index contributed by atoms with van der Waals surface area (Å²) in [6.07, 6.45) is -2.98. The highest BCUT2D eigenvalue weighted by Gasteiger charge is 2.51. The molecule has 0 spiro atoms. The molecule has 5 nitrogen and oxygen atoms in total. The Bertz CT molecular complexity index is 999. The maximum atomic E-state index is 11.1. The van der Waals surface area contributed by atoms with Crippen molar-refractivity contribution in [3.05, 3.63) is 96.6 Å². The molecule has 0 saturated carbocycles. The third-order valence-corrected chi connectivity index (χ3v) is 11.7. The summed E-state index contributed by atoms with van der Waals surface area (Å²) in [4.78, 5) is 0. The molecule has 4 atom stereocenters. The topological polar surface area (TPSA) is 68.2 Å². The van der Waals surface area contributed by atoms with Crippen molar-refractivity contribution in [1.29, 1.82) is 0 Å². The van der Waals surface area contributed by atoms with E-state index in [-0.39, 0.29) is 18.1 Å². The molecular weight excluding hydrogens is 456 g/mol. The SMILES string of the molecule is CC(C)(C)[Si](OC[C@H]1O[C@H](O)C[C@@H](OCc2ccccc2)[C@@H]1O)(c1ccccc1)c1ccccc1. The average molecular weight is 493 g/mol. The average Bonchev–Trinajstić information content (AvgIpc) is 2.86. The summed E-state index contributed by atoms with van der Waals surface area (Å²) in [5.74, 6) is 0. The standard InChI is InChI=1S/C29H36O5Si/c1-29(2,3)35(23-15-9-5-10-16-23,24-17-11-6-12-18-24)33-21-26-28(31)25(19-27(30)34-26)32-20-22-13-7-4-8-14-22/h4-18,25-28,30-31H,19-21H2,1-3H3/t25-,26-,27+,28+/m1/s1. The quantitative estimate of drug-likeness (QED) is 0.470. The van der Waals surface area contributed by atoms with Gasteiger partial charge in [0.1, 0.15) is 12.2 Å². The number of ether oxygens (including phenoxy) is 2. The van der Waals surface area contributed by atoms with Crippen molar-refractivity contribution in [3.8, 4) is 0 Å².